The van der Waals surface area contributed by atoms with E-state index in [4.69, 9.17) is 16.3 Å². The summed E-state index contributed by atoms with van der Waals surface area (Å²) in [5.74, 6) is 0.0375. The van der Waals surface area contributed by atoms with Crippen LogP contribution in [0, 0.1) is 0 Å². The molecule has 1 aliphatic heterocycles. The minimum Gasteiger partial charge on any atom is -0.356 e. The van der Waals surface area contributed by atoms with E-state index in [1.54, 1.807) is 0 Å². The van der Waals surface area contributed by atoms with Crippen molar-refractivity contribution in [3.8, 4) is 0 Å². The Balaban J connectivity index is 1.75. The van der Waals surface area contributed by atoms with Crippen LogP contribution in [-0.2, 0) is 4.74 Å². The van der Waals surface area contributed by atoms with Gasteiger partial charge in [0.15, 0.2) is 11.9 Å². The fraction of sp³-hybridized carbons (Fsp3) is 0.133. The highest BCUT2D eigenvalue weighted by Gasteiger charge is 2.45. The number of hydrogen-bond donors (Lipinski definition) is 0. The van der Waals surface area contributed by atoms with Gasteiger partial charge in [0.25, 0.3) is 0 Å². The number of halogens is 1. The van der Waals surface area contributed by atoms with Crippen molar-refractivity contribution in [2.45, 2.75) is 12.2 Å². The number of epoxide rings is 1. The van der Waals surface area contributed by atoms with Crippen molar-refractivity contribution in [3.63, 3.8) is 0 Å². The molecule has 0 radical (unpaired) electrons. The Kier molecular flexibility index (Phi) is 2.90. The number of ether oxygens (including phenoxy) is 1. The van der Waals surface area contributed by atoms with Gasteiger partial charge in [-0.25, -0.2) is 0 Å². The maximum absolute atomic E-state index is 12.1. The van der Waals surface area contributed by atoms with E-state index in [0.29, 0.717) is 10.6 Å². The molecule has 3 heteroatoms. The lowest BCUT2D eigenvalue weighted by molar-refractivity contribution is 0.0953. The lowest BCUT2D eigenvalue weighted by Crippen LogP contribution is -2.07. The second kappa shape index (κ2) is 4.56. The van der Waals surface area contributed by atoms with Crippen LogP contribution in [0.15, 0.2) is 54.6 Å². The molecule has 0 saturated carbocycles. The molecular formula is C15H11ClO2. The predicted molar refractivity (Wildman–Crippen MR) is 69.8 cm³/mol. The third-order valence-corrected chi connectivity index (χ3v) is 3.26. The largest absolute Gasteiger partial charge is 0.356 e. The van der Waals surface area contributed by atoms with Gasteiger partial charge in [0, 0.05) is 10.6 Å². The minimum atomic E-state index is -0.353. The van der Waals surface area contributed by atoms with Gasteiger partial charge in [-0.15, -0.1) is 0 Å². The van der Waals surface area contributed by atoms with Gasteiger partial charge < -0.3 is 4.74 Å². The Morgan fingerprint density at radius 3 is 2.33 bits per heavy atom. The zero-order chi connectivity index (χ0) is 12.5. The second-order valence-corrected chi connectivity index (χ2v) is 4.70. The van der Waals surface area contributed by atoms with E-state index in [-0.39, 0.29) is 18.0 Å². The highest BCUT2D eigenvalue weighted by atomic mass is 35.5. The van der Waals surface area contributed by atoms with Gasteiger partial charge in [0.05, 0.1) is 0 Å². The van der Waals surface area contributed by atoms with Crippen molar-refractivity contribution in [1.29, 1.82) is 0 Å². The lowest BCUT2D eigenvalue weighted by Gasteiger charge is -1.97. The summed E-state index contributed by atoms with van der Waals surface area (Å²) in [5, 5.41) is 0.685. The summed E-state index contributed by atoms with van der Waals surface area (Å²) >= 11 is 5.82. The molecule has 2 nitrogen and oxygen atoms in total. The molecule has 0 amide bonds. The van der Waals surface area contributed by atoms with Crippen LogP contribution in [0.3, 0.4) is 0 Å². The van der Waals surface area contributed by atoms with E-state index in [1.807, 2.05) is 54.6 Å². The molecule has 0 bridgehead atoms. The van der Waals surface area contributed by atoms with Gasteiger partial charge in [-0.2, -0.15) is 0 Å². The molecule has 0 aromatic heterocycles. The van der Waals surface area contributed by atoms with Crippen LogP contribution >= 0.6 is 11.6 Å². The first-order valence-electron chi connectivity index (χ1n) is 5.76. The number of carbonyl (C=O) groups excluding carboxylic acids is 1. The van der Waals surface area contributed by atoms with Gasteiger partial charge in [-0.1, -0.05) is 54.1 Å². The van der Waals surface area contributed by atoms with Crippen LogP contribution in [0.1, 0.15) is 22.0 Å². The molecule has 2 aromatic carbocycles. The molecule has 0 aliphatic carbocycles. The summed E-state index contributed by atoms with van der Waals surface area (Å²) < 4.78 is 5.47. The molecule has 0 N–H and O–H groups in total. The Labute approximate surface area is 110 Å². The second-order valence-electron chi connectivity index (χ2n) is 4.26. The number of hydrogen-bond acceptors (Lipinski definition) is 2. The third-order valence-electron chi connectivity index (χ3n) is 3.01. The lowest BCUT2D eigenvalue weighted by atomic mass is 10.0. The molecule has 18 heavy (non-hydrogen) atoms. The van der Waals surface area contributed by atoms with Gasteiger partial charge in [0.2, 0.25) is 0 Å². The van der Waals surface area contributed by atoms with E-state index in [0.717, 1.165) is 5.56 Å². The molecule has 1 heterocycles. The summed E-state index contributed by atoms with van der Waals surface area (Å²) in [4.78, 5) is 12.1. The number of rotatable bonds is 3. The van der Waals surface area contributed by atoms with Crippen molar-refractivity contribution in [1.82, 2.24) is 0 Å². The van der Waals surface area contributed by atoms with Crippen molar-refractivity contribution in [2.75, 3.05) is 0 Å². The van der Waals surface area contributed by atoms with Crippen molar-refractivity contribution >= 4 is 17.4 Å². The van der Waals surface area contributed by atoms with Gasteiger partial charge in [0.1, 0.15) is 6.10 Å². The van der Waals surface area contributed by atoms with Gasteiger partial charge >= 0.3 is 0 Å². The molecule has 90 valence electrons. The molecule has 3 rings (SSSR count). The first-order chi connectivity index (χ1) is 8.75. The van der Waals surface area contributed by atoms with E-state index in [1.165, 1.54) is 0 Å². The van der Waals surface area contributed by atoms with E-state index in [9.17, 15) is 4.79 Å². The van der Waals surface area contributed by atoms with Gasteiger partial charge in [-0.05, 0) is 17.7 Å². The quantitative estimate of drug-likeness (QED) is 0.621. The predicted octanol–water partition coefficient (Wildman–Crippen LogP) is 3.66. The zero-order valence-corrected chi connectivity index (χ0v) is 10.3. The minimum absolute atomic E-state index is 0.0375. The smallest absolute Gasteiger partial charge is 0.194 e. The summed E-state index contributed by atoms with van der Waals surface area (Å²) in [6.07, 6.45) is -0.483. The number of carbonyl (C=O) groups is 1. The molecule has 2 atom stereocenters. The van der Waals surface area contributed by atoms with E-state index >= 15 is 0 Å². The average molecular weight is 259 g/mol. The zero-order valence-electron chi connectivity index (χ0n) is 9.55. The Bertz CT molecular complexity index is 563. The SMILES string of the molecule is O=C(c1ccccc1)[C@H]1O[C@H]1c1ccc(Cl)cc1. The van der Waals surface area contributed by atoms with Crippen LogP contribution in [0.5, 0.6) is 0 Å². The van der Waals surface area contributed by atoms with Crippen molar-refractivity contribution in [3.05, 3.63) is 70.7 Å². The van der Waals surface area contributed by atoms with Crippen LogP contribution in [0.25, 0.3) is 0 Å². The van der Waals surface area contributed by atoms with Crippen molar-refractivity contribution < 1.29 is 9.53 Å². The van der Waals surface area contributed by atoms with Crippen molar-refractivity contribution in [2.24, 2.45) is 0 Å². The Morgan fingerprint density at radius 2 is 1.67 bits per heavy atom. The number of benzene rings is 2. The standard InChI is InChI=1S/C15H11ClO2/c16-12-8-6-11(7-9-12)14-15(18-14)13(17)10-4-2-1-3-5-10/h1-9,14-15H/t14-,15+/m0/s1. The average Bonchev–Trinajstić information content (AvgIpc) is 3.20. The molecule has 2 aromatic rings. The maximum Gasteiger partial charge on any atom is 0.194 e. The topological polar surface area (TPSA) is 29.6 Å². The summed E-state index contributed by atoms with van der Waals surface area (Å²) in [5.41, 5.74) is 1.69. The summed E-state index contributed by atoms with van der Waals surface area (Å²) in [6.45, 7) is 0. The van der Waals surface area contributed by atoms with Crippen LogP contribution in [0.2, 0.25) is 5.02 Å². The van der Waals surface area contributed by atoms with Crippen LogP contribution in [-0.4, -0.2) is 11.9 Å². The molecule has 1 saturated heterocycles. The first kappa shape index (κ1) is 11.5. The molecule has 1 fully saturated rings. The fourth-order valence-corrected chi connectivity index (χ4v) is 2.11. The van der Waals surface area contributed by atoms with E-state index in [2.05, 4.69) is 0 Å². The normalized spacial score (nSPS) is 21.6. The Morgan fingerprint density at radius 1 is 1.00 bits per heavy atom. The first-order valence-corrected chi connectivity index (χ1v) is 6.14. The van der Waals surface area contributed by atoms with E-state index < -0.39 is 0 Å². The highest BCUT2D eigenvalue weighted by Crippen LogP contribution is 2.40. The van der Waals surface area contributed by atoms with Crippen LogP contribution < -0.4 is 0 Å². The van der Waals surface area contributed by atoms with Crippen LogP contribution in [0.4, 0.5) is 0 Å². The Hall–Kier alpha value is -1.64. The fourth-order valence-electron chi connectivity index (χ4n) is 1.98. The molecule has 0 unspecified atom stereocenters. The third kappa shape index (κ3) is 2.17. The summed E-state index contributed by atoms with van der Waals surface area (Å²) in [7, 11) is 0. The number of ketones is 1. The number of Topliss-reactive ketones (excluding diaryl/α,β-unsaturated/α-hetero) is 1. The monoisotopic (exact) mass is 258 g/mol. The maximum atomic E-state index is 12.1. The highest BCUT2D eigenvalue weighted by molar-refractivity contribution is 6.30. The molecular weight excluding hydrogens is 248 g/mol. The summed E-state index contributed by atoms with van der Waals surface area (Å²) in [6, 6.07) is 16.6. The van der Waals surface area contributed by atoms with Gasteiger partial charge in [-0.3, -0.25) is 4.79 Å². The molecule has 0 spiro atoms. The molecule has 1 aliphatic rings.